The Morgan fingerprint density at radius 3 is 2.07 bits per heavy atom. The quantitative estimate of drug-likeness (QED) is 0.542. The summed E-state index contributed by atoms with van der Waals surface area (Å²) in [6.45, 7) is 1.20. The minimum atomic E-state index is 0.500. The molecule has 0 bridgehead atoms. The maximum atomic E-state index is 5.42. The molecule has 0 unspecified atom stereocenters. The van der Waals surface area contributed by atoms with Crippen LogP contribution in [0.1, 0.15) is 11.5 Å². The molecule has 1 aromatic heterocycles. The van der Waals surface area contributed by atoms with Gasteiger partial charge in [0.2, 0.25) is 11.7 Å². The van der Waals surface area contributed by atoms with E-state index in [4.69, 9.17) is 23.5 Å². The van der Waals surface area contributed by atoms with E-state index in [1.54, 1.807) is 28.4 Å². The molecule has 0 aliphatic carbocycles. The summed E-state index contributed by atoms with van der Waals surface area (Å²) in [4.78, 5) is 6.57. The summed E-state index contributed by atoms with van der Waals surface area (Å²) in [5.41, 5.74) is 1.88. The summed E-state index contributed by atoms with van der Waals surface area (Å²) in [6.07, 6.45) is 0. The fourth-order valence-electron chi connectivity index (χ4n) is 2.99. The van der Waals surface area contributed by atoms with Crippen molar-refractivity contribution in [3.05, 3.63) is 47.9 Å². The second-order valence-corrected chi connectivity index (χ2v) is 6.44. The molecule has 3 rings (SSSR count). The zero-order valence-corrected chi connectivity index (χ0v) is 17.3. The van der Waals surface area contributed by atoms with Gasteiger partial charge in [-0.05, 0) is 42.9 Å². The Morgan fingerprint density at radius 2 is 1.41 bits per heavy atom. The maximum Gasteiger partial charge on any atom is 0.241 e. The summed E-state index contributed by atoms with van der Waals surface area (Å²) >= 11 is 0. The normalized spacial score (nSPS) is 10.8. The monoisotopic (exact) mass is 399 g/mol. The molecule has 0 amide bonds. The third-order valence-electron chi connectivity index (χ3n) is 4.42. The van der Waals surface area contributed by atoms with E-state index in [0.717, 1.165) is 11.1 Å². The molecule has 8 heteroatoms. The molecule has 0 radical (unpaired) electrons. The van der Waals surface area contributed by atoms with Gasteiger partial charge in [-0.25, -0.2) is 0 Å². The zero-order valence-electron chi connectivity index (χ0n) is 17.3. The van der Waals surface area contributed by atoms with Gasteiger partial charge < -0.3 is 23.5 Å². The van der Waals surface area contributed by atoms with Gasteiger partial charge >= 0.3 is 0 Å². The minimum Gasteiger partial charge on any atom is -0.493 e. The van der Waals surface area contributed by atoms with Crippen LogP contribution in [0.4, 0.5) is 0 Å². The van der Waals surface area contributed by atoms with Crippen LogP contribution in [0.15, 0.2) is 40.9 Å². The number of nitrogens with zero attached hydrogens (tertiary/aromatic N) is 3. The second-order valence-electron chi connectivity index (χ2n) is 6.44. The lowest BCUT2D eigenvalue weighted by atomic mass is 10.2. The van der Waals surface area contributed by atoms with E-state index in [1.165, 1.54) is 0 Å². The summed E-state index contributed by atoms with van der Waals surface area (Å²) in [6, 6.07) is 11.3. The van der Waals surface area contributed by atoms with Gasteiger partial charge in [0.05, 0.1) is 35.0 Å². The molecule has 29 heavy (non-hydrogen) atoms. The number of benzene rings is 2. The lowest BCUT2D eigenvalue weighted by molar-refractivity contribution is 0.260. The maximum absolute atomic E-state index is 5.42. The van der Waals surface area contributed by atoms with E-state index in [0.29, 0.717) is 47.8 Å². The Kier molecular flexibility index (Phi) is 6.56. The van der Waals surface area contributed by atoms with E-state index >= 15 is 0 Å². The first-order valence-electron chi connectivity index (χ1n) is 9.02. The van der Waals surface area contributed by atoms with E-state index in [9.17, 15) is 0 Å². The van der Waals surface area contributed by atoms with Gasteiger partial charge in [0.25, 0.3) is 0 Å². The first-order chi connectivity index (χ1) is 14.1. The highest BCUT2D eigenvalue weighted by Gasteiger charge is 2.14. The standard InChI is InChI=1S/C21H25N3O5/c1-24(12-14-6-8-16(25-2)18(10-14)27-4)13-20-22-21(23-29-20)15-7-9-17(26-3)19(11-15)28-5/h6-11H,12-13H2,1-5H3. The van der Waals surface area contributed by atoms with Crippen LogP contribution in [0, 0.1) is 0 Å². The van der Waals surface area contributed by atoms with Gasteiger partial charge in [0.15, 0.2) is 23.0 Å². The van der Waals surface area contributed by atoms with Gasteiger partial charge in [0.1, 0.15) is 0 Å². The molecule has 0 saturated heterocycles. The van der Waals surface area contributed by atoms with Crippen molar-refractivity contribution in [3.63, 3.8) is 0 Å². The molecule has 0 atom stereocenters. The van der Waals surface area contributed by atoms with Crippen LogP contribution < -0.4 is 18.9 Å². The molecular weight excluding hydrogens is 374 g/mol. The number of hydrogen-bond donors (Lipinski definition) is 0. The second kappa shape index (κ2) is 9.29. The number of hydrogen-bond acceptors (Lipinski definition) is 8. The van der Waals surface area contributed by atoms with Crippen LogP contribution in [0.5, 0.6) is 23.0 Å². The molecule has 0 fully saturated rings. The molecule has 8 nitrogen and oxygen atoms in total. The molecule has 0 aliphatic rings. The van der Waals surface area contributed by atoms with Crippen molar-refractivity contribution in [3.8, 4) is 34.4 Å². The van der Waals surface area contributed by atoms with Crippen LogP contribution in [0.25, 0.3) is 11.4 Å². The molecule has 154 valence electrons. The van der Waals surface area contributed by atoms with E-state index < -0.39 is 0 Å². The van der Waals surface area contributed by atoms with Crippen molar-refractivity contribution in [1.82, 2.24) is 15.0 Å². The number of rotatable bonds is 9. The Labute approximate surface area is 169 Å². The third kappa shape index (κ3) is 4.78. The van der Waals surface area contributed by atoms with Crippen molar-refractivity contribution in [1.29, 1.82) is 0 Å². The first-order valence-corrected chi connectivity index (χ1v) is 9.02. The average molecular weight is 399 g/mol. The topological polar surface area (TPSA) is 79.1 Å². The predicted octanol–water partition coefficient (Wildman–Crippen LogP) is 3.40. The van der Waals surface area contributed by atoms with Crippen molar-refractivity contribution >= 4 is 0 Å². The van der Waals surface area contributed by atoms with Gasteiger partial charge in [-0.3, -0.25) is 4.90 Å². The van der Waals surface area contributed by atoms with Crippen LogP contribution in [-0.4, -0.2) is 50.5 Å². The van der Waals surface area contributed by atoms with Gasteiger partial charge in [0, 0.05) is 12.1 Å². The Balaban J connectivity index is 1.68. The number of ether oxygens (including phenoxy) is 4. The Morgan fingerprint density at radius 1 is 0.793 bits per heavy atom. The van der Waals surface area contributed by atoms with Crippen LogP contribution >= 0.6 is 0 Å². The van der Waals surface area contributed by atoms with Crippen molar-refractivity contribution in [2.45, 2.75) is 13.1 Å². The van der Waals surface area contributed by atoms with Crippen LogP contribution in [-0.2, 0) is 13.1 Å². The minimum absolute atomic E-state index is 0.500. The fraction of sp³-hybridized carbons (Fsp3) is 0.333. The molecule has 0 aliphatic heterocycles. The SMILES string of the molecule is COc1ccc(CN(C)Cc2nc(-c3ccc(OC)c(OC)c3)no2)cc1OC. The van der Waals surface area contributed by atoms with E-state index in [-0.39, 0.29) is 0 Å². The summed E-state index contributed by atoms with van der Waals surface area (Å²) in [5, 5.41) is 4.08. The fourth-order valence-corrected chi connectivity index (χ4v) is 2.99. The molecular formula is C21H25N3O5. The molecule has 1 heterocycles. The zero-order chi connectivity index (χ0) is 20.8. The molecule has 0 saturated carbocycles. The van der Waals surface area contributed by atoms with Crippen LogP contribution in [0.2, 0.25) is 0 Å². The highest BCUT2D eigenvalue weighted by atomic mass is 16.5. The molecule has 2 aromatic carbocycles. The lowest BCUT2D eigenvalue weighted by Crippen LogP contribution is -2.17. The Hall–Kier alpha value is -3.26. The molecule has 0 N–H and O–H groups in total. The molecule has 3 aromatic rings. The van der Waals surface area contributed by atoms with Crippen molar-refractivity contribution in [2.24, 2.45) is 0 Å². The summed E-state index contributed by atoms with van der Waals surface area (Å²) in [5.74, 6) is 3.69. The number of aromatic nitrogens is 2. The Bertz CT molecular complexity index is 957. The van der Waals surface area contributed by atoms with E-state index in [2.05, 4.69) is 15.0 Å². The number of methoxy groups -OCH3 is 4. The average Bonchev–Trinajstić information content (AvgIpc) is 3.21. The molecule has 0 spiro atoms. The largest absolute Gasteiger partial charge is 0.493 e. The smallest absolute Gasteiger partial charge is 0.241 e. The van der Waals surface area contributed by atoms with Gasteiger partial charge in [-0.15, -0.1) is 0 Å². The lowest BCUT2D eigenvalue weighted by Gasteiger charge is -2.15. The van der Waals surface area contributed by atoms with Gasteiger partial charge in [-0.2, -0.15) is 4.98 Å². The summed E-state index contributed by atoms with van der Waals surface area (Å²) in [7, 11) is 8.41. The van der Waals surface area contributed by atoms with Crippen molar-refractivity contribution < 1.29 is 23.5 Å². The highest BCUT2D eigenvalue weighted by Crippen LogP contribution is 2.31. The third-order valence-corrected chi connectivity index (χ3v) is 4.42. The predicted molar refractivity (Wildman–Crippen MR) is 108 cm³/mol. The van der Waals surface area contributed by atoms with Crippen molar-refractivity contribution in [2.75, 3.05) is 35.5 Å². The highest BCUT2D eigenvalue weighted by molar-refractivity contribution is 5.60. The summed E-state index contributed by atoms with van der Waals surface area (Å²) < 4.78 is 26.7. The van der Waals surface area contributed by atoms with Crippen LogP contribution in [0.3, 0.4) is 0 Å². The van der Waals surface area contributed by atoms with Gasteiger partial charge in [-0.1, -0.05) is 11.2 Å². The first kappa shape index (κ1) is 20.5. The van der Waals surface area contributed by atoms with E-state index in [1.807, 2.05) is 43.4 Å².